The van der Waals surface area contributed by atoms with Crippen molar-refractivity contribution in [2.24, 2.45) is 20.8 Å². The average molecular weight is 509 g/mol. The van der Waals surface area contributed by atoms with E-state index in [0.717, 1.165) is 59.5 Å². The van der Waals surface area contributed by atoms with Gasteiger partial charge in [0.05, 0.1) is 23.6 Å². The van der Waals surface area contributed by atoms with E-state index in [1.54, 1.807) is 6.33 Å². The van der Waals surface area contributed by atoms with Crippen LogP contribution in [0.5, 0.6) is 5.88 Å². The number of aromatic nitrogens is 2. The molecule has 0 atom stereocenters. The number of hydrogen-bond donors (Lipinski definition) is 0. The fourth-order valence-corrected chi connectivity index (χ4v) is 4.45. The topological polar surface area (TPSA) is 59.7 Å². The van der Waals surface area contributed by atoms with E-state index in [4.69, 9.17) is 26.3 Å². The summed E-state index contributed by atoms with van der Waals surface area (Å²) in [4.78, 5) is 18.5. The minimum Gasteiger partial charge on any atom is -0.474 e. The molecule has 0 N–H and O–H groups in total. The third-order valence-corrected chi connectivity index (χ3v) is 7.50. The van der Waals surface area contributed by atoms with Gasteiger partial charge in [0.1, 0.15) is 12.4 Å². The van der Waals surface area contributed by atoms with E-state index in [9.17, 15) is 0 Å². The monoisotopic (exact) mass is 508 g/mol. The van der Waals surface area contributed by atoms with Crippen LogP contribution in [-0.2, 0) is 6.54 Å². The van der Waals surface area contributed by atoms with E-state index in [-0.39, 0.29) is 11.5 Å². The van der Waals surface area contributed by atoms with Crippen LogP contribution in [0, 0.1) is 17.8 Å². The molecule has 1 aromatic heterocycles. The number of aliphatic imine (C=N–C) groups is 2. The first-order valence-electron chi connectivity index (χ1n) is 12.8. The molecule has 6 heteroatoms. The molecule has 0 spiro atoms. The van der Waals surface area contributed by atoms with Crippen LogP contribution in [0.25, 0.3) is 5.70 Å². The molecular weight excluding hydrogens is 468 g/mol. The highest BCUT2D eigenvalue weighted by molar-refractivity contribution is 6.32. The molecule has 36 heavy (non-hydrogen) atoms. The molecule has 0 unspecified atom stereocenters. The van der Waals surface area contributed by atoms with Gasteiger partial charge in [0.2, 0.25) is 5.88 Å². The number of benzene rings is 1. The molecular formula is C30H41ClN4O. The lowest BCUT2D eigenvalue weighted by Crippen LogP contribution is -2.29. The summed E-state index contributed by atoms with van der Waals surface area (Å²) in [6, 6.07) is 5.91. The molecule has 0 bridgehead atoms. The van der Waals surface area contributed by atoms with Crippen molar-refractivity contribution in [3.05, 3.63) is 58.5 Å². The van der Waals surface area contributed by atoms with E-state index in [0.29, 0.717) is 28.6 Å². The van der Waals surface area contributed by atoms with Gasteiger partial charge in [-0.05, 0) is 75.0 Å². The maximum atomic E-state index is 6.53. The van der Waals surface area contributed by atoms with Crippen LogP contribution in [0.4, 0.5) is 0 Å². The van der Waals surface area contributed by atoms with Crippen LogP contribution in [-0.4, -0.2) is 27.5 Å². The van der Waals surface area contributed by atoms with Gasteiger partial charge in [0.25, 0.3) is 0 Å². The minimum atomic E-state index is 0.0474. The summed E-state index contributed by atoms with van der Waals surface area (Å²) in [7, 11) is 0. The van der Waals surface area contributed by atoms with Crippen molar-refractivity contribution in [1.82, 2.24) is 9.97 Å². The Morgan fingerprint density at radius 2 is 1.83 bits per heavy atom. The molecule has 2 aromatic rings. The Kier molecular flexibility index (Phi) is 8.76. The normalized spacial score (nSPS) is 17.2. The Bertz CT molecular complexity index is 1160. The van der Waals surface area contributed by atoms with Crippen molar-refractivity contribution >= 4 is 28.7 Å². The van der Waals surface area contributed by atoms with E-state index in [2.05, 4.69) is 58.1 Å². The molecule has 1 fully saturated rings. The van der Waals surface area contributed by atoms with Crippen molar-refractivity contribution in [2.75, 3.05) is 0 Å². The standard InChI is InChI=1S/C30H41ClN4O/c1-19-27(33-18-34-28(19)36-24-12-14-30(8,9)15-13-24)21(3)35-20(2)25-16-23(10-11-26(25)31)17-32-22(4)29(5,6)7/h10-11,16,18,24H,2,12-15,17H2,1,3-9H3. The molecule has 0 saturated heterocycles. The summed E-state index contributed by atoms with van der Waals surface area (Å²) in [5.41, 5.74) is 6.40. The molecule has 5 nitrogen and oxygen atoms in total. The first-order valence-corrected chi connectivity index (χ1v) is 13.2. The molecule has 1 aromatic carbocycles. The largest absolute Gasteiger partial charge is 0.474 e. The molecule has 194 valence electrons. The van der Waals surface area contributed by atoms with Crippen molar-refractivity contribution < 1.29 is 4.74 Å². The number of nitrogens with zero attached hydrogens (tertiary/aromatic N) is 4. The summed E-state index contributed by atoms with van der Waals surface area (Å²) in [6.45, 7) is 21.9. The first-order chi connectivity index (χ1) is 16.8. The van der Waals surface area contributed by atoms with Gasteiger partial charge in [-0.2, -0.15) is 0 Å². The lowest BCUT2D eigenvalue weighted by Gasteiger charge is -2.34. The maximum absolute atomic E-state index is 6.53. The van der Waals surface area contributed by atoms with E-state index in [1.807, 2.05) is 32.0 Å². The van der Waals surface area contributed by atoms with Gasteiger partial charge in [0, 0.05) is 21.9 Å². The summed E-state index contributed by atoms with van der Waals surface area (Å²) >= 11 is 6.53. The summed E-state index contributed by atoms with van der Waals surface area (Å²) in [5, 5.41) is 0.612. The molecule has 1 aliphatic rings. The van der Waals surface area contributed by atoms with Crippen LogP contribution in [0.15, 0.2) is 41.1 Å². The molecule has 0 aliphatic heterocycles. The Labute approximate surface area is 222 Å². The predicted octanol–water partition coefficient (Wildman–Crippen LogP) is 8.27. The fraction of sp³-hybridized carbons (Fsp3) is 0.533. The van der Waals surface area contributed by atoms with Crippen LogP contribution in [0.3, 0.4) is 0 Å². The second kappa shape index (κ2) is 11.2. The quantitative estimate of drug-likeness (QED) is 0.353. The van der Waals surface area contributed by atoms with Crippen molar-refractivity contribution in [3.63, 3.8) is 0 Å². The Morgan fingerprint density at radius 3 is 2.47 bits per heavy atom. The third kappa shape index (κ3) is 7.25. The number of rotatable bonds is 7. The lowest BCUT2D eigenvalue weighted by atomic mass is 9.76. The Morgan fingerprint density at radius 1 is 1.17 bits per heavy atom. The fourth-order valence-electron chi connectivity index (χ4n) is 4.22. The van der Waals surface area contributed by atoms with Crippen LogP contribution in [0.1, 0.15) is 96.5 Å². The zero-order valence-corrected chi connectivity index (χ0v) is 24.0. The van der Waals surface area contributed by atoms with Gasteiger partial charge in [-0.1, -0.05) is 58.9 Å². The molecule has 0 radical (unpaired) electrons. The van der Waals surface area contributed by atoms with Gasteiger partial charge in [-0.15, -0.1) is 0 Å². The lowest BCUT2D eigenvalue weighted by molar-refractivity contribution is 0.0941. The zero-order valence-electron chi connectivity index (χ0n) is 23.2. The highest BCUT2D eigenvalue weighted by atomic mass is 35.5. The number of ether oxygens (including phenoxy) is 1. The second-order valence-corrected chi connectivity index (χ2v) is 12.2. The Balaban J connectivity index is 1.78. The van der Waals surface area contributed by atoms with Gasteiger partial charge in [0.15, 0.2) is 0 Å². The molecule has 1 aliphatic carbocycles. The van der Waals surface area contributed by atoms with E-state index in [1.165, 1.54) is 0 Å². The molecule has 1 heterocycles. The van der Waals surface area contributed by atoms with E-state index < -0.39 is 0 Å². The second-order valence-electron chi connectivity index (χ2n) is 11.7. The van der Waals surface area contributed by atoms with E-state index >= 15 is 0 Å². The predicted molar refractivity (Wildman–Crippen MR) is 152 cm³/mol. The highest BCUT2D eigenvalue weighted by Gasteiger charge is 2.28. The summed E-state index contributed by atoms with van der Waals surface area (Å²) < 4.78 is 6.30. The smallest absolute Gasteiger partial charge is 0.220 e. The van der Waals surface area contributed by atoms with Crippen LogP contribution < -0.4 is 4.74 Å². The molecule has 1 saturated carbocycles. The Hall–Kier alpha value is -2.53. The number of halogens is 1. The van der Waals surface area contributed by atoms with Gasteiger partial charge >= 0.3 is 0 Å². The van der Waals surface area contributed by atoms with Crippen LogP contribution >= 0.6 is 11.6 Å². The first kappa shape index (κ1) is 28.0. The summed E-state index contributed by atoms with van der Waals surface area (Å²) in [6.07, 6.45) is 6.16. The van der Waals surface area contributed by atoms with Crippen molar-refractivity contribution in [3.8, 4) is 5.88 Å². The average Bonchev–Trinajstić information content (AvgIpc) is 2.80. The SMILES string of the molecule is C=C(N=C(C)c1ncnc(OC2CCC(C)(C)CC2)c1C)c1cc(CN=C(C)C(C)(C)C)ccc1Cl. The number of hydrogen-bond acceptors (Lipinski definition) is 5. The van der Waals surface area contributed by atoms with Gasteiger partial charge in [-0.3, -0.25) is 9.98 Å². The molecule has 3 rings (SSSR count). The van der Waals surface area contributed by atoms with Gasteiger partial charge in [-0.25, -0.2) is 9.97 Å². The van der Waals surface area contributed by atoms with Crippen LogP contribution in [0.2, 0.25) is 5.02 Å². The van der Waals surface area contributed by atoms with Crippen molar-refractivity contribution in [1.29, 1.82) is 0 Å². The summed E-state index contributed by atoms with van der Waals surface area (Å²) in [5.74, 6) is 0.636. The highest BCUT2D eigenvalue weighted by Crippen LogP contribution is 2.37. The molecule has 0 amide bonds. The minimum absolute atomic E-state index is 0.0474. The van der Waals surface area contributed by atoms with Gasteiger partial charge < -0.3 is 4.74 Å². The maximum Gasteiger partial charge on any atom is 0.220 e. The van der Waals surface area contributed by atoms with Crippen molar-refractivity contribution in [2.45, 2.75) is 93.7 Å². The zero-order chi connectivity index (χ0) is 26.7. The third-order valence-electron chi connectivity index (χ3n) is 7.17.